The van der Waals surface area contributed by atoms with E-state index in [2.05, 4.69) is 24.1 Å². The molecule has 2 nitrogen and oxygen atoms in total. The van der Waals surface area contributed by atoms with E-state index in [-0.39, 0.29) is 5.82 Å². The number of nitrogens with one attached hydrogen (secondary N) is 1. The van der Waals surface area contributed by atoms with Gasteiger partial charge in [0, 0.05) is 19.1 Å². The van der Waals surface area contributed by atoms with Gasteiger partial charge in [0.05, 0.1) is 0 Å². The van der Waals surface area contributed by atoms with Crippen LogP contribution in [0.3, 0.4) is 0 Å². The van der Waals surface area contributed by atoms with Gasteiger partial charge in [-0.25, -0.2) is 4.39 Å². The van der Waals surface area contributed by atoms with E-state index in [0.717, 1.165) is 24.8 Å². The normalized spacial score (nSPS) is 25.7. The lowest BCUT2D eigenvalue weighted by Gasteiger charge is -2.21. The van der Waals surface area contributed by atoms with E-state index in [1.165, 1.54) is 18.7 Å². The zero-order valence-electron chi connectivity index (χ0n) is 12.2. The zero-order valence-corrected chi connectivity index (χ0v) is 12.2. The molecule has 3 heteroatoms. The molecule has 0 bridgehead atoms. The van der Waals surface area contributed by atoms with Crippen molar-refractivity contribution in [1.29, 1.82) is 0 Å². The summed E-state index contributed by atoms with van der Waals surface area (Å²) in [7, 11) is 1.98. The highest BCUT2D eigenvalue weighted by atomic mass is 19.1. The molecule has 0 amide bonds. The second kappa shape index (κ2) is 6.49. The molecule has 19 heavy (non-hydrogen) atoms. The summed E-state index contributed by atoms with van der Waals surface area (Å²) in [5.41, 5.74) is 1.17. The minimum absolute atomic E-state index is 0.166. The van der Waals surface area contributed by atoms with Gasteiger partial charge in [-0.1, -0.05) is 26.0 Å². The van der Waals surface area contributed by atoms with Gasteiger partial charge in [-0.2, -0.15) is 0 Å². The second-order valence-corrected chi connectivity index (χ2v) is 5.90. The van der Waals surface area contributed by atoms with E-state index >= 15 is 0 Å². The largest absolute Gasteiger partial charge is 0.313 e. The highest BCUT2D eigenvalue weighted by molar-refractivity contribution is 5.19. The Morgan fingerprint density at radius 3 is 2.32 bits per heavy atom. The SMILES string of the molecule is CNC(CCN1CC(C)C(C)C1)c1ccc(F)cc1. The highest BCUT2D eigenvalue weighted by Crippen LogP contribution is 2.24. The molecular formula is C16H25FN2. The van der Waals surface area contributed by atoms with Crippen LogP contribution < -0.4 is 5.32 Å². The van der Waals surface area contributed by atoms with Gasteiger partial charge in [0.1, 0.15) is 5.82 Å². The van der Waals surface area contributed by atoms with Crippen molar-refractivity contribution in [3.8, 4) is 0 Å². The molecule has 0 radical (unpaired) electrons. The molecule has 2 rings (SSSR count). The molecule has 1 fully saturated rings. The molecule has 1 aromatic carbocycles. The Morgan fingerprint density at radius 2 is 1.79 bits per heavy atom. The average molecular weight is 264 g/mol. The molecule has 0 saturated carbocycles. The fourth-order valence-electron chi connectivity index (χ4n) is 2.92. The van der Waals surface area contributed by atoms with Gasteiger partial charge >= 0.3 is 0 Å². The molecule has 1 N–H and O–H groups in total. The molecular weight excluding hydrogens is 239 g/mol. The van der Waals surface area contributed by atoms with Gasteiger partial charge in [-0.3, -0.25) is 0 Å². The van der Waals surface area contributed by atoms with Crippen molar-refractivity contribution in [1.82, 2.24) is 10.2 Å². The van der Waals surface area contributed by atoms with Crippen LogP contribution >= 0.6 is 0 Å². The summed E-state index contributed by atoms with van der Waals surface area (Å²) in [5, 5.41) is 3.34. The van der Waals surface area contributed by atoms with Crippen LogP contribution in [0.15, 0.2) is 24.3 Å². The summed E-state index contributed by atoms with van der Waals surface area (Å²) in [6.45, 7) is 8.19. The van der Waals surface area contributed by atoms with E-state index in [0.29, 0.717) is 6.04 Å². The lowest BCUT2D eigenvalue weighted by atomic mass is 10.0. The van der Waals surface area contributed by atoms with Crippen molar-refractivity contribution in [3.05, 3.63) is 35.6 Å². The first kappa shape index (κ1) is 14.5. The maximum Gasteiger partial charge on any atom is 0.123 e. The minimum atomic E-state index is -0.166. The van der Waals surface area contributed by atoms with E-state index in [4.69, 9.17) is 0 Å². The maximum atomic E-state index is 12.9. The molecule has 0 aliphatic carbocycles. The molecule has 106 valence electrons. The number of likely N-dealkylation sites (tertiary alicyclic amines) is 1. The number of rotatable bonds is 5. The van der Waals surface area contributed by atoms with Crippen LogP contribution in [0.1, 0.15) is 31.9 Å². The fourth-order valence-corrected chi connectivity index (χ4v) is 2.92. The van der Waals surface area contributed by atoms with Gasteiger partial charge in [0.15, 0.2) is 0 Å². The first-order valence-corrected chi connectivity index (χ1v) is 7.25. The van der Waals surface area contributed by atoms with E-state index in [9.17, 15) is 4.39 Å². The van der Waals surface area contributed by atoms with Crippen molar-refractivity contribution in [3.63, 3.8) is 0 Å². The summed E-state index contributed by atoms with van der Waals surface area (Å²) in [5.74, 6) is 1.44. The first-order chi connectivity index (χ1) is 9.10. The Balaban J connectivity index is 1.88. The van der Waals surface area contributed by atoms with E-state index in [1.807, 2.05) is 19.2 Å². The minimum Gasteiger partial charge on any atom is -0.313 e. The van der Waals surface area contributed by atoms with E-state index < -0.39 is 0 Å². The van der Waals surface area contributed by atoms with Gasteiger partial charge in [0.25, 0.3) is 0 Å². The molecule has 1 aliphatic rings. The molecule has 1 heterocycles. The monoisotopic (exact) mass is 264 g/mol. The van der Waals surface area contributed by atoms with Crippen LogP contribution in [-0.4, -0.2) is 31.6 Å². The standard InChI is InChI=1S/C16H25FN2/c1-12-10-19(11-13(12)2)9-8-16(18-3)14-4-6-15(17)7-5-14/h4-7,12-13,16,18H,8-11H2,1-3H3. The number of halogens is 1. The summed E-state index contributed by atoms with van der Waals surface area (Å²) in [6.07, 6.45) is 1.07. The molecule has 1 aromatic rings. The number of hydrogen-bond acceptors (Lipinski definition) is 2. The summed E-state index contributed by atoms with van der Waals surface area (Å²) in [4.78, 5) is 2.54. The molecule has 0 aromatic heterocycles. The summed E-state index contributed by atoms with van der Waals surface area (Å²) >= 11 is 0. The van der Waals surface area contributed by atoms with Gasteiger partial charge in [-0.15, -0.1) is 0 Å². The Hall–Kier alpha value is -0.930. The highest BCUT2D eigenvalue weighted by Gasteiger charge is 2.26. The fraction of sp³-hybridized carbons (Fsp3) is 0.625. The Morgan fingerprint density at radius 1 is 1.21 bits per heavy atom. The Labute approximate surface area is 116 Å². The average Bonchev–Trinajstić information content (AvgIpc) is 2.71. The van der Waals surface area contributed by atoms with Crippen LogP contribution in [0.2, 0.25) is 0 Å². The van der Waals surface area contributed by atoms with Crippen molar-refractivity contribution in [2.24, 2.45) is 11.8 Å². The number of nitrogens with zero attached hydrogens (tertiary/aromatic N) is 1. The molecule has 1 saturated heterocycles. The molecule has 3 unspecified atom stereocenters. The topological polar surface area (TPSA) is 15.3 Å². The zero-order chi connectivity index (χ0) is 13.8. The number of hydrogen-bond donors (Lipinski definition) is 1. The van der Waals surface area contributed by atoms with Gasteiger partial charge < -0.3 is 10.2 Å². The Bertz CT molecular complexity index is 380. The second-order valence-electron chi connectivity index (χ2n) is 5.90. The lowest BCUT2D eigenvalue weighted by molar-refractivity contribution is 0.301. The lowest BCUT2D eigenvalue weighted by Crippen LogP contribution is -2.27. The first-order valence-electron chi connectivity index (χ1n) is 7.25. The quantitative estimate of drug-likeness (QED) is 0.879. The third kappa shape index (κ3) is 3.77. The molecule has 1 aliphatic heterocycles. The van der Waals surface area contributed by atoms with Crippen molar-refractivity contribution < 1.29 is 4.39 Å². The van der Waals surface area contributed by atoms with Crippen LogP contribution in [0.25, 0.3) is 0 Å². The van der Waals surface area contributed by atoms with Crippen molar-refractivity contribution >= 4 is 0 Å². The third-order valence-electron chi connectivity index (χ3n) is 4.42. The summed E-state index contributed by atoms with van der Waals surface area (Å²) < 4.78 is 12.9. The van der Waals surface area contributed by atoms with Crippen LogP contribution in [0.5, 0.6) is 0 Å². The molecule has 3 atom stereocenters. The smallest absolute Gasteiger partial charge is 0.123 e. The summed E-state index contributed by atoms with van der Waals surface area (Å²) in [6, 6.07) is 7.16. The van der Waals surface area contributed by atoms with Crippen LogP contribution in [0.4, 0.5) is 4.39 Å². The van der Waals surface area contributed by atoms with Crippen LogP contribution in [0, 0.1) is 17.7 Å². The predicted molar refractivity (Wildman–Crippen MR) is 77.6 cm³/mol. The number of benzene rings is 1. The maximum absolute atomic E-state index is 12.9. The predicted octanol–water partition coefficient (Wildman–Crippen LogP) is 3.06. The van der Waals surface area contributed by atoms with Crippen LogP contribution in [-0.2, 0) is 0 Å². The third-order valence-corrected chi connectivity index (χ3v) is 4.42. The Kier molecular flexibility index (Phi) is 4.94. The van der Waals surface area contributed by atoms with Crippen molar-refractivity contribution in [2.75, 3.05) is 26.7 Å². The van der Waals surface area contributed by atoms with E-state index in [1.54, 1.807) is 12.1 Å². The molecule has 0 spiro atoms. The van der Waals surface area contributed by atoms with Gasteiger partial charge in [-0.05, 0) is 49.5 Å². The van der Waals surface area contributed by atoms with Crippen molar-refractivity contribution in [2.45, 2.75) is 26.3 Å². The van der Waals surface area contributed by atoms with Gasteiger partial charge in [0.2, 0.25) is 0 Å².